The number of esters is 1. The molecule has 5 N–H and O–H groups in total. The average molecular weight is 156 g/mol. The summed E-state index contributed by atoms with van der Waals surface area (Å²) < 4.78 is 4.38. The molecule has 6 nitrogen and oxygen atoms in total. The van der Waals surface area contributed by atoms with E-state index < -0.39 is 5.97 Å². The minimum Gasteiger partial charge on any atom is -0.464 e. The van der Waals surface area contributed by atoms with E-state index in [1.165, 1.54) is 7.11 Å². The number of aromatic amines is 1. The summed E-state index contributed by atoms with van der Waals surface area (Å²) >= 11 is 0. The van der Waals surface area contributed by atoms with Crippen molar-refractivity contribution >= 4 is 17.7 Å². The third-order valence-electron chi connectivity index (χ3n) is 1.14. The van der Waals surface area contributed by atoms with E-state index in [-0.39, 0.29) is 17.5 Å². The Balaban J connectivity index is 3.03. The molecule has 1 aromatic heterocycles. The number of aromatic nitrogens is 2. The number of nitrogens with one attached hydrogen (secondary N) is 1. The molecule has 0 saturated carbocycles. The quantitative estimate of drug-likeness (QED) is 0.469. The number of methoxy groups -OCH3 is 1. The lowest BCUT2D eigenvalue weighted by atomic mass is 10.4. The Morgan fingerprint density at radius 3 is 2.64 bits per heavy atom. The van der Waals surface area contributed by atoms with Crippen LogP contribution in [0.5, 0.6) is 0 Å². The maximum Gasteiger partial charge on any atom is 0.358 e. The van der Waals surface area contributed by atoms with Crippen molar-refractivity contribution in [1.29, 1.82) is 0 Å². The highest BCUT2D eigenvalue weighted by molar-refractivity contribution is 5.92. The van der Waals surface area contributed by atoms with E-state index in [1.54, 1.807) is 0 Å². The standard InChI is InChI=1S/C5H8N4O2/c1-11-4(10)2-3(6)9-5(7)8-2/h6H2,1H3,(H3,7,8,9). The third kappa shape index (κ3) is 1.23. The van der Waals surface area contributed by atoms with Gasteiger partial charge in [-0.2, -0.15) is 4.98 Å². The topological polar surface area (TPSA) is 107 Å². The van der Waals surface area contributed by atoms with Crippen LogP contribution in [0.1, 0.15) is 10.5 Å². The number of ether oxygens (including phenoxy) is 1. The molecular weight excluding hydrogens is 148 g/mol. The summed E-state index contributed by atoms with van der Waals surface area (Å²) in [5.74, 6) is -0.427. The maximum absolute atomic E-state index is 10.8. The number of hydrogen-bond donors (Lipinski definition) is 3. The lowest BCUT2D eigenvalue weighted by Gasteiger charge is -1.93. The Labute approximate surface area is 62.5 Å². The zero-order valence-electron chi connectivity index (χ0n) is 5.92. The maximum atomic E-state index is 10.8. The van der Waals surface area contributed by atoms with Gasteiger partial charge in [-0.05, 0) is 0 Å². The number of carbonyl (C=O) groups excluding carboxylic acids is 1. The summed E-state index contributed by atoms with van der Waals surface area (Å²) in [6.07, 6.45) is 0. The Kier molecular flexibility index (Phi) is 1.67. The second-order valence-electron chi connectivity index (χ2n) is 1.87. The van der Waals surface area contributed by atoms with E-state index in [0.29, 0.717) is 0 Å². The Bertz CT molecular complexity index is 280. The van der Waals surface area contributed by atoms with Crippen LogP contribution in [-0.2, 0) is 4.74 Å². The fourth-order valence-electron chi connectivity index (χ4n) is 0.663. The molecule has 11 heavy (non-hydrogen) atoms. The molecule has 0 aliphatic carbocycles. The van der Waals surface area contributed by atoms with Crippen LogP contribution in [0.25, 0.3) is 0 Å². The highest BCUT2D eigenvalue weighted by Gasteiger charge is 2.13. The average Bonchev–Trinajstić information content (AvgIpc) is 2.28. The highest BCUT2D eigenvalue weighted by Crippen LogP contribution is 2.09. The highest BCUT2D eigenvalue weighted by atomic mass is 16.5. The molecule has 0 aromatic carbocycles. The van der Waals surface area contributed by atoms with Gasteiger partial charge in [0, 0.05) is 0 Å². The normalized spacial score (nSPS) is 9.55. The van der Waals surface area contributed by atoms with Crippen molar-refractivity contribution in [1.82, 2.24) is 9.97 Å². The SMILES string of the molecule is COC(=O)c1[nH]c(N)nc1N. The van der Waals surface area contributed by atoms with Gasteiger partial charge in [-0.25, -0.2) is 4.79 Å². The van der Waals surface area contributed by atoms with Crippen LogP contribution in [0, 0.1) is 0 Å². The fourth-order valence-corrected chi connectivity index (χ4v) is 0.663. The van der Waals surface area contributed by atoms with Crippen LogP contribution >= 0.6 is 0 Å². The van der Waals surface area contributed by atoms with Gasteiger partial charge in [0.05, 0.1) is 7.11 Å². The summed E-state index contributed by atoms with van der Waals surface area (Å²) in [4.78, 5) is 16.9. The molecule has 60 valence electrons. The molecule has 0 atom stereocenters. The van der Waals surface area contributed by atoms with Crippen molar-refractivity contribution in [2.24, 2.45) is 0 Å². The Morgan fingerprint density at radius 1 is 1.64 bits per heavy atom. The predicted octanol–water partition coefficient (Wildman–Crippen LogP) is -0.639. The number of anilines is 2. The smallest absolute Gasteiger partial charge is 0.358 e. The van der Waals surface area contributed by atoms with Crippen LogP contribution < -0.4 is 11.5 Å². The Morgan fingerprint density at radius 2 is 2.27 bits per heavy atom. The molecule has 1 rings (SSSR count). The van der Waals surface area contributed by atoms with Crippen molar-refractivity contribution in [2.45, 2.75) is 0 Å². The molecule has 0 saturated heterocycles. The summed E-state index contributed by atoms with van der Waals surface area (Å²) in [5, 5.41) is 0. The van der Waals surface area contributed by atoms with Gasteiger partial charge >= 0.3 is 5.97 Å². The minimum absolute atomic E-state index is 0.0503. The van der Waals surface area contributed by atoms with Crippen molar-refractivity contribution in [3.8, 4) is 0 Å². The molecule has 6 heteroatoms. The number of H-pyrrole nitrogens is 1. The number of nitrogen functional groups attached to an aromatic ring is 2. The van der Waals surface area contributed by atoms with Crippen LogP contribution in [0.15, 0.2) is 0 Å². The second kappa shape index (κ2) is 2.49. The molecule has 1 aromatic rings. The van der Waals surface area contributed by atoms with Crippen LogP contribution in [-0.4, -0.2) is 23.0 Å². The first-order valence-corrected chi connectivity index (χ1v) is 2.84. The number of imidazole rings is 1. The zero-order valence-corrected chi connectivity index (χ0v) is 5.92. The molecule has 0 unspecified atom stereocenters. The van der Waals surface area contributed by atoms with Crippen LogP contribution in [0.4, 0.5) is 11.8 Å². The molecule has 0 radical (unpaired) electrons. The van der Waals surface area contributed by atoms with Crippen LogP contribution in [0.3, 0.4) is 0 Å². The van der Waals surface area contributed by atoms with Gasteiger partial charge in [0.15, 0.2) is 17.5 Å². The number of rotatable bonds is 1. The van der Waals surface area contributed by atoms with E-state index in [4.69, 9.17) is 11.5 Å². The van der Waals surface area contributed by atoms with Gasteiger partial charge < -0.3 is 21.2 Å². The van der Waals surface area contributed by atoms with E-state index in [2.05, 4.69) is 14.7 Å². The monoisotopic (exact) mass is 156 g/mol. The molecule has 0 fully saturated rings. The molecule has 0 aliphatic rings. The van der Waals surface area contributed by atoms with Gasteiger partial charge in [0.1, 0.15) is 0 Å². The van der Waals surface area contributed by atoms with Gasteiger partial charge in [0.2, 0.25) is 0 Å². The van der Waals surface area contributed by atoms with E-state index >= 15 is 0 Å². The van der Waals surface area contributed by atoms with Gasteiger partial charge in [-0.3, -0.25) is 0 Å². The fraction of sp³-hybridized carbons (Fsp3) is 0.200. The summed E-state index contributed by atoms with van der Waals surface area (Å²) in [6.45, 7) is 0. The van der Waals surface area contributed by atoms with Gasteiger partial charge in [0.25, 0.3) is 0 Å². The van der Waals surface area contributed by atoms with E-state index in [0.717, 1.165) is 0 Å². The second-order valence-corrected chi connectivity index (χ2v) is 1.87. The first-order chi connectivity index (χ1) is 5.15. The first kappa shape index (κ1) is 7.39. The summed E-state index contributed by atoms with van der Waals surface area (Å²) in [5.41, 5.74) is 10.6. The molecule has 1 heterocycles. The van der Waals surface area contributed by atoms with Gasteiger partial charge in [-0.15, -0.1) is 0 Å². The van der Waals surface area contributed by atoms with Gasteiger partial charge in [-0.1, -0.05) is 0 Å². The molecular formula is C5H8N4O2. The number of hydrogen-bond acceptors (Lipinski definition) is 5. The minimum atomic E-state index is -0.577. The number of carbonyl (C=O) groups is 1. The summed E-state index contributed by atoms with van der Waals surface area (Å²) in [7, 11) is 1.25. The summed E-state index contributed by atoms with van der Waals surface area (Å²) in [6, 6.07) is 0. The first-order valence-electron chi connectivity index (χ1n) is 2.84. The van der Waals surface area contributed by atoms with Crippen molar-refractivity contribution in [2.75, 3.05) is 18.6 Å². The zero-order chi connectivity index (χ0) is 8.43. The number of nitrogens with zero attached hydrogens (tertiary/aromatic N) is 1. The van der Waals surface area contributed by atoms with E-state index in [1.807, 2.05) is 0 Å². The predicted molar refractivity (Wildman–Crippen MR) is 38.8 cm³/mol. The molecule has 0 aliphatic heterocycles. The lowest BCUT2D eigenvalue weighted by Crippen LogP contribution is -2.05. The van der Waals surface area contributed by atoms with Crippen molar-refractivity contribution in [3.63, 3.8) is 0 Å². The van der Waals surface area contributed by atoms with Crippen molar-refractivity contribution in [3.05, 3.63) is 5.69 Å². The largest absolute Gasteiger partial charge is 0.464 e. The molecule has 0 spiro atoms. The van der Waals surface area contributed by atoms with Crippen molar-refractivity contribution < 1.29 is 9.53 Å². The van der Waals surface area contributed by atoms with Crippen LogP contribution in [0.2, 0.25) is 0 Å². The third-order valence-corrected chi connectivity index (χ3v) is 1.14. The van der Waals surface area contributed by atoms with E-state index in [9.17, 15) is 4.79 Å². The lowest BCUT2D eigenvalue weighted by molar-refractivity contribution is 0.0596. The molecule has 0 amide bonds. The number of nitrogens with two attached hydrogens (primary N) is 2. The molecule has 0 bridgehead atoms. The Hall–Kier alpha value is -1.72.